The van der Waals surface area contributed by atoms with Gasteiger partial charge in [0.05, 0.1) is 17.9 Å². The summed E-state index contributed by atoms with van der Waals surface area (Å²) in [7, 11) is 0. The number of allylic oxidation sites excluding steroid dienone is 1. The summed E-state index contributed by atoms with van der Waals surface area (Å²) in [5, 5.41) is 11.8. The van der Waals surface area contributed by atoms with Crippen LogP contribution in [0.1, 0.15) is 61.3 Å². The van der Waals surface area contributed by atoms with Crippen molar-refractivity contribution >= 4 is 17.8 Å². The fourth-order valence-electron chi connectivity index (χ4n) is 2.86. The first-order valence-electron chi connectivity index (χ1n) is 9.40. The molecule has 0 bridgehead atoms. The average Bonchev–Trinajstić information content (AvgIpc) is 2.52. The molecule has 0 aromatic heterocycles. The Labute approximate surface area is 162 Å². The van der Waals surface area contributed by atoms with E-state index in [1.165, 1.54) is 6.08 Å². The predicted octanol–water partition coefficient (Wildman–Crippen LogP) is 2.83. The van der Waals surface area contributed by atoms with Gasteiger partial charge in [0, 0.05) is 0 Å². The molecule has 3 atom stereocenters. The van der Waals surface area contributed by atoms with Crippen molar-refractivity contribution in [1.29, 1.82) is 0 Å². The molecule has 0 heterocycles. The lowest BCUT2D eigenvalue weighted by atomic mass is 9.80. The Kier molecular flexibility index (Phi) is 10.3. The molecular formula is C20H36N2O5. The highest BCUT2D eigenvalue weighted by molar-refractivity contribution is 5.90. The van der Waals surface area contributed by atoms with E-state index in [9.17, 15) is 14.4 Å². The minimum Gasteiger partial charge on any atom is -0.461 e. The third-order valence-corrected chi connectivity index (χ3v) is 4.16. The van der Waals surface area contributed by atoms with Crippen molar-refractivity contribution in [2.45, 2.75) is 73.5 Å². The predicted molar refractivity (Wildman–Crippen MR) is 104 cm³/mol. The molecule has 7 nitrogen and oxygen atoms in total. The molecule has 0 aliphatic rings. The third-order valence-electron chi connectivity index (χ3n) is 4.16. The van der Waals surface area contributed by atoms with Gasteiger partial charge in [0.15, 0.2) is 0 Å². The lowest BCUT2D eigenvalue weighted by molar-refractivity contribution is -0.155. The zero-order valence-electron chi connectivity index (χ0n) is 17.7. The summed E-state index contributed by atoms with van der Waals surface area (Å²) in [6.07, 6.45) is 1.88. The largest absolute Gasteiger partial charge is 0.461 e. The van der Waals surface area contributed by atoms with Gasteiger partial charge in [0.1, 0.15) is 6.04 Å². The monoisotopic (exact) mass is 384 g/mol. The van der Waals surface area contributed by atoms with Gasteiger partial charge in [0.25, 0.3) is 0 Å². The summed E-state index contributed by atoms with van der Waals surface area (Å²) in [5.41, 5.74) is 1.06. The quantitative estimate of drug-likeness (QED) is 0.232. The van der Waals surface area contributed by atoms with E-state index < -0.39 is 41.1 Å². The van der Waals surface area contributed by atoms with Crippen LogP contribution in [0.25, 0.3) is 0 Å². The number of carbonyl (C=O) groups is 3. The SMILES string of the molecule is C=CCC(C(=O)NO)C(CC(C)C)C(=O)NC(C(=O)OC(C)C)C(C)(C)C. The first-order chi connectivity index (χ1) is 12.3. The van der Waals surface area contributed by atoms with Crippen LogP contribution in [0.3, 0.4) is 0 Å². The number of nitrogens with one attached hydrogen (secondary N) is 2. The minimum absolute atomic E-state index is 0.135. The molecular weight excluding hydrogens is 348 g/mol. The number of amides is 2. The molecule has 7 heteroatoms. The summed E-state index contributed by atoms with van der Waals surface area (Å²) in [6, 6.07) is -0.858. The van der Waals surface area contributed by atoms with Crippen LogP contribution >= 0.6 is 0 Å². The first-order valence-corrected chi connectivity index (χ1v) is 9.40. The molecule has 0 rings (SSSR count). The molecule has 0 aromatic rings. The fraction of sp³-hybridized carbons (Fsp3) is 0.750. The number of hydrogen-bond donors (Lipinski definition) is 3. The van der Waals surface area contributed by atoms with E-state index in [0.717, 1.165) is 0 Å². The molecule has 0 spiro atoms. The van der Waals surface area contributed by atoms with Crippen LogP contribution in [0.15, 0.2) is 12.7 Å². The van der Waals surface area contributed by atoms with E-state index in [-0.39, 0.29) is 18.4 Å². The first kappa shape index (κ1) is 25.1. The van der Waals surface area contributed by atoms with Gasteiger partial charge < -0.3 is 10.1 Å². The van der Waals surface area contributed by atoms with E-state index in [4.69, 9.17) is 9.94 Å². The smallest absolute Gasteiger partial charge is 0.329 e. The average molecular weight is 385 g/mol. The second-order valence-corrected chi connectivity index (χ2v) is 8.64. The Morgan fingerprint density at radius 3 is 2.00 bits per heavy atom. The van der Waals surface area contributed by atoms with Gasteiger partial charge >= 0.3 is 5.97 Å². The van der Waals surface area contributed by atoms with Crippen molar-refractivity contribution in [3.05, 3.63) is 12.7 Å². The molecule has 156 valence electrons. The van der Waals surface area contributed by atoms with E-state index in [1.807, 2.05) is 34.6 Å². The van der Waals surface area contributed by atoms with Crippen molar-refractivity contribution in [2.75, 3.05) is 0 Å². The number of rotatable bonds is 10. The van der Waals surface area contributed by atoms with Crippen LogP contribution in [0.4, 0.5) is 0 Å². The van der Waals surface area contributed by atoms with Crippen LogP contribution in [0.2, 0.25) is 0 Å². The number of esters is 1. The molecule has 0 aliphatic heterocycles. The maximum atomic E-state index is 13.0. The normalized spacial score (nSPS) is 15.0. The van der Waals surface area contributed by atoms with E-state index in [0.29, 0.717) is 6.42 Å². The van der Waals surface area contributed by atoms with Crippen molar-refractivity contribution < 1.29 is 24.3 Å². The van der Waals surface area contributed by atoms with Crippen molar-refractivity contribution in [1.82, 2.24) is 10.8 Å². The lowest BCUT2D eigenvalue weighted by Crippen LogP contribution is -2.53. The number of ether oxygens (including phenoxy) is 1. The van der Waals surface area contributed by atoms with Crippen LogP contribution in [0.5, 0.6) is 0 Å². The Hall–Kier alpha value is -1.89. The van der Waals surface area contributed by atoms with Crippen LogP contribution in [0, 0.1) is 23.2 Å². The molecule has 3 unspecified atom stereocenters. The van der Waals surface area contributed by atoms with Crippen molar-refractivity contribution in [2.24, 2.45) is 23.2 Å². The highest BCUT2D eigenvalue weighted by Crippen LogP contribution is 2.27. The molecule has 0 saturated heterocycles. The second-order valence-electron chi connectivity index (χ2n) is 8.64. The molecule has 0 aromatic carbocycles. The summed E-state index contributed by atoms with van der Waals surface area (Å²) >= 11 is 0. The van der Waals surface area contributed by atoms with Gasteiger partial charge in [-0.2, -0.15) is 0 Å². The molecule has 0 saturated carbocycles. The van der Waals surface area contributed by atoms with Crippen LogP contribution in [-0.4, -0.2) is 35.1 Å². The van der Waals surface area contributed by atoms with Gasteiger partial charge in [0.2, 0.25) is 11.8 Å². The van der Waals surface area contributed by atoms with Gasteiger partial charge in [-0.1, -0.05) is 40.7 Å². The van der Waals surface area contributed by atoms with Gasteiger partial charge in [-0.05, 0) is 38.0 Å². The number of carbonyl (C=O) groups excluding carboxylic acids is 3. The van der Waals surface area contributed by atoms with Crippen LogP contribution < -0.4 is 10.8 Å². The molecule has 3 N–H and O–H groups in total. The van der Waals surface area contributed by atoms with E-state index in [1.54, 1.807) is 19.3 Å². The third kappa shape index (κ3) is 8.56. The Balaban J connectivity index is 5.70. The maximum absolute atomic E-state index is 13.0. The minimum atomic E-state index is -0.858. The van der Waals surface area contributed by atoms with Gasteiger partial charge in [-0.25, -0.2) is 10.3 Å². The van der Waals surface area contributed by atoms with E-state index >= 15 is 0 Å². The van der Waals surface area contributed by atoms with Crippen LogP contribution in [-0.2, 0) is 19.1 Å². The zero-order chi connectivity index (χ0) is 21.4. The van der Waals surface area contributed by atoms with E-state index in [2.05, 4.69) is 11.9 Å². The number of hydrogen-bond acceptors (Lipinski definition) is 5. The lowest BCUT2D eigenvalue weighted by Gasteiger charge is -2.33. The van der Waals surface area contributed by atoms with Crippen molar-refractivity contribution in [3.63, 3.8) is 0 Å². The zero-order valence-corrected chi connectivity index (χ0v) is 17.7. The highest BCUT2D eigenvalue weighted by atomic mass is 16.5. The van der Waals surface area contributed by atoms with Gasteiger partial charge in [-0.3, -0.25) is 14.8 Å². The molecule has 2 amide bonds. The standard InChI is InChI=1S/C20H36N2O5/c1-9-10-14(18(24)22-26)15(11-12(2)3)17(23)21-16(20(6,7)8)19(25)27-13(4)5/h9,12-16,26H,1,10-11H2,2-8H3,(H,21,23)(H,22,24). The summed E-state index contributed by atoms with van der Waals surface area (Å²) in [4.78, 5) is 37.7. The fourth-order valence-corrected chi connectivity index (χ4v) is 2.86. The molecule has 0 aliphatic carbocycles. The van der Waals surface area contributed by atoms with Gasteiger partial charge in [-0.15, -0.1) is 6.58 Å². The highest BCUT2D eigenvalue weighted by Gasteiger charge is 2.39. The summed E-state index contributed by atoms with van der Waals surface area (Å²) < 4.78 is 5.29. The summed E-state index contributed by atoms with van der Waals surface area (Å²) in [5.74, 6) is -2.94. The molecule has 0 fully saturated rings. The maximum Gasteiger partial charge on any atom is 0.329 e. The Morgan fingerprint density at radius 2 is 1.63 bits per heavy atom. The molecule has 27 heavy (non-hydrogen) atoms. The number of hydroxylamine groups is 1. The Morgan fingerprint density at radius 1 is 1.07 bits per heavy atom. The van der Waals surface area contributed by atoms with Crippen molar-refractivity contribution in [3.8, 4) is 0 Å². The Bertz CT molecular complexity index is 523. The topological polar surface area (TPSA) is 105 Å². The second kappa shape index (κ2) is 11.1. The molecule has 0 radical (unpaired) electrons. The summed E-state index contributed by atoms with van der Waals surface area (Å²) in [6.45, 7) is 16.5.